The van der Waals surface area contributed by atoms with Crippen LogP contribution in [-0.2, 0) is 16.0 Å². The van der Waals surface area contributed by atoms with E-state index in [9.17, 15) is 9.59 Å². The molecule has 2 N–H and O–H groups in total. The van der Waals surface area contributed by atoms with Gasteiger partial charge in [0.25, 0.3) is 0 Å². The Morgan fingerprint density at radius 3 is 2.85 bits per heavy atom. The van der Waals surface area contributed by atoms with E-state index in [1.54, 1.807) is 11.8 Å². The van der Waals surface area contributed by atoms with Crippen molar-refractivity contribution in [1.29, 1.82) is 0 Å². The third kappa shape index (κ3) is 7.19. The molecule has 20 heavy (non-hydrogen) atoms. The van der Waals surface area contributed by atoms with Crippen LogP contribution in [0.4, 0.5) is 5.69 Å². The number of carboxylic acid groups (broad SMARTS) is 1. The number of thioether (sulfide) groups is 1. The van der Waals surface area contributed by atoms with E-state index in [0.29, 0.717) is 12.2 Å². The van der Waals surface area contributed by atoms with E-state index in [0.717, 1.165) is 29.8 Å². The van der Waals surface area contributed by atoms with Crippen LogP contribution in [0.25, 0.3) is 0 Å². The lowest BCUT2D eigenvalue weighted by atomic mass is 10.1. The van der Waals surface area contributed by atoms with Crippen LogP contribution in [0.15, 0.2) is 24.3 Å². The molecule has 0 fully saturated rings. The Morgan fingerprint density at radius 1 is 1.35 bits per heavy atom. The number of nitrogens with one attached hydrogen (secondary N) is 1. The number of hydrogen-bond acceptors (Lipinski definition) is 3. The fourth-order valence-electron chi connectivity index (χ4n) is 1.66. The number of unbranched alkanes of at least 4 members (excludes halogenated alkanes) is 1. The number of amides is 1. The van der Waals surface area contributed by atoms with Gasteiger partial charge in [0.1, 0.15) is 0 Å². The highest BCUT2D eigenvalue weighted by molar-refractivity contribution is 7.99. The Labute approximate surface area is 124 Å². The van der Waals surface area contributed by atoms with Crippen LogP contribution < -0.4 is 5.32 Å². The van der Waals surface area contributed by atoms with Crippen LogP contribution in [0.2, 0.25) is 0 Å². The molecule has 0 saturated heterocycles. The quantitative estimate of drug-likeness (QED) is 0.687. The Kier molecular flexibility index (Phi) is 7.80. The van der Waals surface area contributed by atoms with Gasteiger partial charge in [0.2, 0.25) is 5.91 Å². The molecule has 0 aliphatic carbocycles. The van der Waals surface area contributed by atoms with Crippen LogP contribution in [0.5, 0.6) is 0 Å². The zero-order chi connectivity index (χ0) is 14.8. The maximum Gasteiger partial charge on any atom is 0.303 e. The summed E-state index contributed by atoms with van der Waals surface area (Å²) in [6.07, 6.45) is 2.84. The van der Waals surface area contributed by atoms with Gasteiger partial charge in [-0.1, -0.05) is 25.5 Å². The average molecular weight is 295 g/mol. The molecular weight excluding hydrogens is 274 g/mol. The van der Waals surface area contributed by atoms with Crippen molar-refractivity contribution in [1.82, 2.24) is 0 Å². The number of anilines is 1. The molecule has 0 radical (unpaired) electrons. The van der Waals surface area contributed by atoms with E-state index in [1.807, 2.05) is 24.3 Å². The minimum absolute atomic E-state index is 0.0125. The van der Waals surface area contributed by atoms with E-state index in [2.05, 4.69) is 12.2 Å². The number of aliphatic carboxylic acids is 1. The standard InChI is InChI=1S/C15H21NO3S/c1-2-3-9-20-11-14(17)16-13-6-4-5-12(10-13)7-8-15(18)19/h4-6,10H,2-3,7-9,11H2,1H3,(H,16,17)(H,18,19). The van der Waals surface area contributed by atoms with Gasteiger partial charge in [-0.25, -0.2) is 0 Å². The third-order valence-electron chi connectivity index (χ3n) is 2.71. The number of rotatable bonds is 9. The molecule has 1 amide bonds. The van der Waals surface area contributed by atoms with Gasteiger partial charge in [0.15, 0.2) is 0 Å². The van der Waals surface area contributed by atoms with Crippen molar-refractivity contribution in [2.75, 3.05) is 16.8 Å². The maximum atomic E-state index is 11.7. The second-order valence-corrected chi connectivity index (χ2v) is 5.65. The molecule has 0 spiro atoms. The fourth-order valence-corrected chi connectivity index (χ4v) is 2.56. The van der Waals surface area contributed by atoms with Gasteiger partial charge < -0.3 is 10.4 Å². The molecule has 1 aromatic rings. The van der Waals surface area contributed by atoms with Gasteiger partial charge in [-0.05, 0) is 36.3 Å². The molecular formula is C15H21NO3S. The number of aryl methyl sites for hydroxylation is 1. The van der Waals surface area contributed by atoms with E-state index < -0.39 is 5.97 Å². The lowest BCUT2D eigenvalue weighted by Gasteiger charge is -2.07. The first-order chi connectivity index (χ1) is 9.61. The van der Waals surface area contributed by atoms with Crippen molar-refractivity contribution in [3.05, 3.63) is 29.8 Å². The van der Waals surface area contributed by atoms with E-state index in [4.69, 9.17) is 5.11 Å². The summed E-state index contributed by atoms with van der Waals surface area (Å²) in [5.41, 5.74) is 1.65. The normalized spacial score (nSPS) is 10.2. The number of carboxylic acids is 1. The molecule has 5 heteroatoms. The molecule has 0 aliphatic rings. The van der Waals surface area contributed by atoms with Crippen LogP contribution in [0.3, 0.4) is 0 Å². The Bertz CT molecular complexity index is 448. The van der Waals surface area contributed by atoms with Crippen molar-refractivity contribution < 1.29 is 14.7 Å². The number of carbonyl (C=O) groups excluding carboxylic acids is 1. The summed E-state index contributed by atoms with van der Waals surface area (Å²) < 4.78 is 0. The first kappa shape index (κ1) is 16.6. The topological polar surface area (TPSA) is 66.4 Å². The molecule has 0 saturated carbocycles. The number of hydrogen-bond donors (Lipinski definition) is 2. The van der Waals surface area contributed by atoms with Crippen LogP contribution in [0, 0.1) is 0 Å². The van der Waals surface area contributed by atoms with Crippen molar-refractivity contribution in [3.8, 4) is 0 Å². The van der Waals surface area contributed by atoms with Gasteiger partial charge in [-0.15, -0.1) is 0 Å². The maximum absolute atomic E-state index is 11.7. The summed E-state index contributed by atoms with van der Waals surface area (Å²) in [6.45, 7) is 2.13. The highest BCUT2D eigenvalue weighted by Gasteiger charge is 2.04. The zero-order valence-corrected chi connectivity index (χ0v) is 12.5. The molecule has 0 atom stereocenters. The SMILES string of the molecule is CCCCSCC(=O)Nc1cccc(CCC(=O)O)c1. The second kappa shape index (κ2) is 9.42. The van der Waals surface area contributed by atoms with Crippen LogP contribution in [0.1, 0.15) is 31.7 Å². The summed E-state index contributed by atoms with van der Waals surface area (Å²) in [5, 5.41) is 11.5. The largest absolute Gasteiger partial charge is 0.481 e. The lowest BCUT2D eigenvalue weighted by Crippen LogP contribution is -2.14. The monoisotopic (exact) mass is 295 g/mol. The Hall–Kier alpha value is -1.49. The summed E-state index contributed by atoms with van der Waals surface area (Å²) in [7, 11) is 0. The van der Waals surface area contributed by atoms with Gasteiger partial charge in [0.05, 0.1) is 5.75 Å². The molecule has 0 unspecified atom stereocenters. The first-order valence-corrected chi connectivity index (χ1v) is 7.95. The van der Waals surface area contributed by atoms with Crippen molar-refractivity contribution in [2.24, 2.45) is 0 Å². The van der Waals surface area contributed by atoms with Gasteiger partial charge in [-0.2, -0.15) is 11.8 Å². The van der Waals surface area contributed by atoms with Gasteiger partial charge in [0, 0.05) is 12.1 Å². The van der Waals surface area contributed by atoms with Gasteiger partial charge in [-0.3, -0.25) is 9.59 Å². The lowest BCUT2D eigenvalue weighted by molar-refractivity contribution is -0.137. The summed E-state index contributed by atoms with van der Waals surface area (Å²) in [5.74, 6) is 0.635. The molecule has 110 valence electrons. The predicted octanol–water partition coefficient (Wildman–Crippen LogP) is 3.18. The predicted molar refractivity (Wildman–Crippen MR) is 83.3 cm³/mol. The first-order valence-electron chi connectivity index (χ1n) is 6.80. The van der Waals surface area contributed by atoms with Crippen LogP contribution >= 0.6 is 11.8 Å². The smallest absolute Gasteiger partial charge is 0.303 e. The molecule has 1 aromatic carbocycles. The zero-order valence-electron chi connectivity index (χ0n) is 11.7. The van der Waals surface area contributed by atoms with E-state index in [1.165, 1.54) is 0 Å². The molecule has 0 heterocycles. The van der Waals surface area contributed by atoms with E-state index in [-0.39, 0.29) is 12.3 Å². The highest BCUT2D eigenvalue weighted by atomic mass is 32.2. The number of benzene rings is 1. The fraction of sp³-hybridized carbons (Fsp3) is 0.467. The van der Waals surface area contributed by atoms with Crippen molar-refractivity contribution >= 4 is 29.3 Å². The molecule has 4 nitrogen and oxygen atoms in total. The molecule has 0 bridgehead atoms. The Balaban J connectivity index is 2.40. The summed E-state index contributed by atoms with van der Waals surface area (Å²) in [4.78, 5) is 22.3. The second-order valence-electron chi connectivity index (χ2n) is 4.55. The molecule has 1 rings (SSSR count). The summed E-state index contributed by atoms with van der Waals surface area (Å²) >= 11 is 1.63. The van der Waals surface area contributed by atoms with Gasteiger partial charge >= 0.3 is 5.97 Å². The average Bonchev–Trinajstić information content (AvgIpc) is 2.42. The third-order valence-corrected chi connectivity index (χ3v) is 3.76. The minimum atomic E-state index is -0.813. The van der Waals surface area contributed by atoms with Crippen molar-refractivity contribution in [3.63, 3.8) is 0 Å². The Morgan fingerprint density at radius 2 is 2.15 bits per heavy atom. The number of carbonyl (C=O) groups is 2. The molecule has 0 aliphatic heterocycles. The van der Waals surface area contributed by atoms with Crippen molar-refractivity contribution in [2.45, 2.75) is 32.6 Å². The van der Waals surface area contributed by atoms with E-state index >= 15 is 0 Å². The van der Waals surface area contributed by atoms with Crippen LogP contribution in [-0.4, -0.2) is 28.5 Å². The highest BCUT2D eigenvalue weighted by Crippen LogP contribution is 2.13. The minimum Gasteiger partial charge on any atom is -0.481 e. The summed E-state index contributed by atoms with van der Waals surface area (Å²) in [6, 6.07) is 7.35. The molecule has 0 aromatic heterocycles.